The molecule has 25 heavy (non-hydrogen) atoms. The summed E-state index contributed by atoms with van der Waals surface area (Å²) in [6.45, 7) is 0. The molecule has 2 N–H and O–H groups in total. The van der Waals surface area contributed by atoms with Gasteiger partial charge in [-0.1, -0.05) is 12.5 Å². The number of aromatic nitrogens is 2. The average Bonchev–Trinajstić information content (AvgIpc) is 3.09. The van der Waals surface area contributed by atoms with E-state index in [0.29, 0.717) is 30.0 Å². The molecule has 2 amide bonds. The Morgan fingerprint density at radius 2 is 2.12 bits per heavy atom. The molecular weight excluding hydrogens is 337 g/mol. The highest BCUT2D eigenvalue weighted by molar-refractivity contribution is 5.90. The minimum atomic E-state index is -4.21. The highest BCUT2D eigenvalue weighted by atomic mass is 19.4. The van der Waals surface area contributed by atoms with E-state index in [-0.39, 0.29) is 12.8 Å². The van der Waals surface area contributed by atoms with Crippen molar-refractivity contribution in [2.45, 2.75) is 37.9 Å². The maximum absolute atomic E-state index is 12.8. The van der Waals surface area contributed by atoms with Crippen molar-refractivity contribution >= 4 is 11.7 Å². The van der Waals surface area contributed by atoms with E-state index in [1.165, 1.54) is 6.39 Å². The number of hydrogen-bond donors (Lipinski definition) is 2. The van der Waals surface area contributed by atoms with E-state index in [9.17, 15) is 18.0 Å². The summed E-state index contributed by atoms with van der Waals surface area (Å²) < 4.78 is 43.6. The molecule has 6 nitrogen and oxygen atoms in total. The molecule has 0 unspecified atom stereocenters. The number of anilines is 1. The zero-order valence-corrected chi connectivity index (χ0v) is 13.2. The predicted molar refractivity (Wildman–Crippen MR) is 83.7 cm³/mol. The molecule has 1 aliphatic carbocycles. The molecule has 1 aliphatic rings. The lowest BCUT2D eigenvalue weighted by Crippen LogP contribution is -2.43. The fourth-order valence-electron chi connectivity index (χ4n) is 3.00. The van der Waals surface area contributed by atoms with Crippen LogP contribution < -0.4 is 10.6 Å². The predicted octanol–water partition coefficient (Wildman–Crippen LogP) is 3.98. The molecule has 2 aromatic rings. The quantitative estimate of drug-likeness (QED) is 0.874. The Kier molecular flexibility index (Phi) is 4.91. The van der Waals surface area contributed by atoms with E-state index in [2.05, 4.69) is 20.8 Å². The second-order valence-corrected chi connectivity index (χ2v) is 6.03. The van der Waals surface area contributed by atoms with E-state index in [0.717, 1.165) is 0 Å². The number of rotatable bonds is 3. The maximum atomic E-state index is 12.8. The lowest BCUT2D eigenvalue weighted by atomic mass is 9.85. The van der Waals surface area contributed by atoms with Crippen molar-refractivity contribution in [1.29, 1.82) is 0 Å². The van der Waals surface area contributed by atoms with E-state index in [4.69, 9.17) is 4.42 Å². The van der Waals surface area contributed by atoms with Gasteiger partial charge < -0.3 is 15.1 Å². The van der Waals surface area contributed by atoms with Gasteiger partial charge in [-0.05, 0) is 37.5 Å². The monoisotopic (exact) mass is 354 g/mol. The number of nitrogens with zero attached hydrogens (tertiary/aromatic N) is 2. The largest absolute Gasteiger partial charge is 0.423 e. The zero-order valence-electron chi connectivity index (χ0n) is 13.2. The molecule has 0 aliphatic heterocycles. The number of halogens is 3. The third-order valence-corrected chi connectivity index (χ3v) is 4.20. The van der Waals surface area contributed by atoms with Crippen LogP contribution in [-0.2, 0) is 0 Å². The first-order chi connectivity index (χ1) is 11.9. The number of hydrogen-bond acceptors (Lipinski definition) is 4. The molecule has 2 atom stereocenters. The van der Waals surface area contributed by atoms with E-state index in [1.54, 1.807) is 24.3 Å². The Morgan fingerprint density at radius 3 is 2.84 bits per heavy atom. The van der Waals surface area contributed by atoms with Gasteiger partial charge in [0.1, 0.15) is 0 Å². The molecule has 1 aromatic carbocycles. The van der Waals surface area contributed by atoms with Crippen molar-refractivity contribution in [1.82, 2.24) is 15.5 Å². The number of carbonyl (C=O) groups is 1. The van der Waals surface area contributed by atoms with Gasteiger partial charge in [-0.3, -0.25) is 0 Å². The van der Waals surface area contributed by atoms with Crippen LogP contribution in [0.25, 0.3) is 11.5 Å². The van der Waals surface area contributed by atoms with Crippen molar-refractivity contribution in [2.24, 2.45) is 5.92 Å². The first-order valence-electron chi connectivity index (χ1n) is 7.92. The molecule has 3 rings (SSSR count). The Morgan fingerprint density at radius 1 is 1.28 bits per heavy atom. The summed E-state index contributed by atoms with van der Waals surface area (Å²) in [7, 11) is 0. The Labute approximate surface area is 141 Å². The van der Waals surface area contributed by atoms with E-state index in [1.807, 2.05) is 0 Å². The Balaban J connectivity index is 1.58. The average molecular weight is 354 g/mol. The normalized spacial score (nSPS) is 20.9. The topological polar surface area (TPSA) is 80.1 Å². The van der Waals surface area contributed by atoms with Crippen molar-refractivity contribution in [3.05, 3.63) is 30.7 Å². The molecule has 0 spiro atoms. The van der Waals surface area contributed by atoms with Gasteiger partial charge in [0.25, 0.3) is 0 Å². The van der Waals surface area contributed by atoms with Gasteiger partial charge >= 0.3 is 12.2 Å². The SMILES string of the molecule is O=C(Nc1cccc(-c2nnco2)c1)N[C@@H]1CCC[C@@H](C(F)(F)F)C1. The van der Waals surface area contributed by atoms with Crippen LogP contribution in [0.1, 0.15) is 25.7 Å². The third kappa shape index (κ3) is 4.49. The Bertz CT molecular complexity index is 718. The van der Waals surface area contributed by atoms with Gasteiger partial charge in [-0.15, -0.1) is 10.2 Å². The fraction of sp³-hybridized carbons (Fsp3) is 0.438. The minimum Gasteiger partial charge on any atom is -0.423 e. The molecule has 1 fully saturated rings. The minimum absolute atomic E-state index is 0.0844. The number of carbonyl (C=O) groups excluding carboxylic acids is 1. The number of alkyl halides is 3. The lowest BCUT2D eigenvalue weighted by Gasteiger charge is -2.31. The maximum Gasteiger partial charge on any atom is 0.391 e. The summed E-state index contributed by atoms with van der Waals surface area (Å²) in [5, 5.41) is 12.6. The molecule has 0 bridgehead atoms. The van der Waals surface area contributed by atoms with E-state index >= 15 is 0 Å². The summed E-state index contributed by atoms with van der Waals surface area (Å²) >= 11 is 0. The first kappa shape index (κ1) is 17.2. The van der Waals surface area contributed by atoms with Crippen molar-refractivity contribution in [3.63, 3.8) is 0 Å². The van der Waals surface area contributed by atoms with Crippen LogP contribution in [0.2, 0.25) is 0 Å². The highest BCUT2D eigenvalue weighted by Gasteiger charge is 2.42. The number of urea groups is 1. The van der Waals surface area contributed by atoms with Crippen LogP contribution in [0, 0.1) is 5.92 Å². The molecule has 1 aromatic heterocycles. The first-order valence-corrected chi connectivity index (χ1v) is 7.92. The summed E-state index contributed by atoms with van der Waals surface area (Å²) in [5.41, 5.74) is 1.11. The van der Waals surface area contributed by atoms with Crippen LogP contribution in [0.3, 0.4) is 0 Å². The van der Waals surface area contributed by atoms with Crippen LogP contribution in [-0.4, -0.2) is 28.4 Å². The van der Waals surface area contributed by atoms with Gasteiger partial charge in [0.2, 0.25) is 12.3 Å². The molecule has 1 saturated carbocycles. The van der Waals surface area contributed by atoms with Crippen LogP contribution >= 0.6 is 0 Å². The van der Waals surface area contributed by atoms with Crippen molar-refractivity contribution < 1.29 is 22.4 Å². The summed E-state index contributed by atoms with van der Waals surface area (Å²) in [4.78, 5) is 12.1. The van der Waals surface area contributed by atoms with E-state index < -0.39 is 24.2 Å². The standard InChI is InChI=1S/C16H17F3N4O2/c17-16(18,19)11-4-2-6-13(8-11)22-15(24)21-12-5-1-3-10(7-12)14-23-20-9-25-14/h1,3,5,7,9,11,13H,2,4,6,8H2,(H2,21,22,24)/t11-,13-/m1/s1. The van der Waals surface area contributed by atoms with Crippen molar-refractivity contribution in [2.75, 3.05) is 5.32 Å². The fourth-order valence-corrected chi connectivity index (χ4v) is 3.00. The Hall–Kier alpha value is -2.58. The smallest absolute Gasteiger partial charge is 0.391 e. The molecule has 1 heterocycles. The molecule has 134 valence electrons. The molecule has 9 heteroatoms. The summed E-state index contributed by atoms with van der Waals surface area (Å²) in [5.74, 6) is -1.04. The van der Waals surface area contributed by atoms with Crippen LogP contribution in [0.4, 0.5) is 23.7 Å². The second kappa shape index (κ2) is 7.12. The van der Waals surface area contributed by atoms with Crippen LogP contribution in [0.15, 0.2) is 35.1 Å². The zero-order chi connectivity index (χ0) is 17.9. The molecule has 0 radical (unpaired) electrons. The number of benzene rings is 1. The lowest BCUT2D eigenvalue weighted by molar-refractivity contribution is -0.183. The number of amides is 2. The third-order valence-electron chi connectivity index (χ3n) is 4.20. The molecular formula is C16H17F3N4O2. The van der Waals surface area contributed by atoms with Gasteiger partial charge in [0.05, 0.1) is 5.92 Å². The molecule has 0 saturated heterocycles. The van der Waals surface area contributed by atoms with Gasteiger partial charge in [-0.2, -0.15) is 13.2 Å². The number of nitrogens with one attached hydrogen (secondary N) is 2. The van der Waals surface area contributed by atoms with Crippen molar-refractivity contribution in [3.8, 4) is 11.5 Å². The van der Waals surface area contributed by atoms with Gasteiger partial charge in [0.15, 0.2) is 0 Å². The summed E-state index contributed by atoms with van der Waals surface area (Å²) in [6, 6.07) is 5.74. The highest BCUT2D eigenvalue weighted by Crippen LogP contribution is 2.37. The van der Waals surface area contributed by atoms with Gasteiger partial charge in [-0.25, -0.2) is 4.79 Å². The van der Waals surface area contributed by atoms with Crippen LogP contribution in [0.5, 0.6) is 0 Å². The van der Waals surface area contributed by atoms with Gasteiger partial charge in [0, 0.05) is 17.3 Å². The summed E-state index contributed by atoms with van der Waals surface area (Å²) in [6.07, 6.45) is -1.99. The second-order valence-electron chi connectivity index (χ2n) is 6.03.